The van der Waals surface area contributed by atoms with Crippen LogP contribution in [0.1, 0.15) is 30.9 Å². The molecule has 0 spiro atoms. The standard InChI is InChI=1S/C25H24N2O3S2/c1-16(2)18-8-10-19(11-9-18)20-14-31-24-22(20)23(29)26-25(27-24)32-15-21(28)30-13-12-17-6-4-3-5-7-17/h3-11,14,16H,12-13,15H2,1-2H3,(H,26,27,29). The molecule has 2 heterocycles. The molecule has 0 unspecified atom stereocenters. The van der Waals surface area contributed by atoms with E-state index in [9.17, 15) is 9.59 Å². The normalized spacial score (nSPS) is 11.2. The molecule has 5 nitrogen and oxygen atoms in total. The van der Waals surface area contributed by atoms with E-state index in [1.807, 2.05) is 47.8 Å². The highest BCUT2D eigenvalue weighted by molar-refractivity contribution is 7.99. The summed E-state index contributed by atoms with van der Waals surface area (Å²) in [5.41, 5.74) is 4.06. The molecule has 32 heavy (non-hydrogen) atoms. The maximum atomic E-state index is 12.8. The summed E-state index contributed by atoms with van der Waals surface area (Å²) in [6.07, 6.45) is 0.675. The Morgan fingerprint density at radius 1 is 1.12 bits per heavy atom. The number of esters is 1. The van der Waals surface area contributed by atoms with Crippen molar-refractivity contribution in [3.05, 3.63) is 81.5 Å². The van der Waals surface area contributed by atoms with E-state index in [1.54, 1.807) is 0 Å². The Kier molecular flexibility index (Phi) is 7.07. The second-order valence-electron chi connectivity index (χ2n) is 7.72. The smallest absolute Gasteiger partial charge is 0.316 e. The summed E-state index contributed by atoms with van der Waals surface area (Å²) in [5, 5.41) is 2.97. The first kappa shape index (κ1) is 22.3. The number of aromatic amines is 1. The molecule has 0 aliphatic heterocycles. The lowest BCUT2D eigenvalue weighted by molar-refractivity contribution is -0.140. The summed E-state index contributed by atoms with van der Waals surface area (Å²) in [6, 6.07) is 18.2. The summed E-state index contributed by atoms with van der Waals surface area (Å²) in [7, 11) is 0. The number of carbonyl (C=O) groups excluding carboxylic acids is 1. The predicted octanol–water partition coefficient (Wildman–Crippen LogP) is 5.65. The Balaban J connectivity index is 1.40. The number of H-pyrrole nitrogens is 1. The highest BCUT2D eigenvalue weighted by Gasteiger charge is 2.14. The number of hydrogen-bond acceptors (Lipinski definition) is 6. The van der Waals surface area contributed by atoms with Crippen molar-refractivity contribution in [3.63, 3.8) is 0 Å². The van der Waals surface area contributed by atoms with E-state index >= 15 is 0 Å². The predicted molar refractivity (Wildman–Crippen MR) is 132 cm³/mol. The fraction of sp³-hybridized carbons (Fsp3) is 0.240. The fourth-order valence-electron chi connectivity index (χ4n) is 3.35. The van der Waals surface area contributed by atoms with Gasteiger partial charge in [-0.2, -0.15) is 0 Å². The van der Waals surface area contributed by atoms with Crippen molar-refractivity contribution in [2.24, 2.45) is 0 Å². The second kappa shape index (κ2) is 10.1. The molecule has 0 saturated carbocycles. The molecule has 4 rings (SSSR count). The van der Waals surface area contributed by atoms with Crippen LogP contribution in [-0.4, -0.2) is 28.3 Å². The minimum atomic E-state index is -0.328. The Hall–Kier alpha value is -2.90. The quantitative estimate of drug-likeness (QED) is 0.207. The third kappa shape index (κ3) is 5.29. The average Bonchev–Trinajstić information content (AvgIpc) is 3.23. The molecule has 7 heteroatoms. The molecule has 0 aliphatic rings. The number of nitrogens with one attached hydrogen (secondary N) is 1. The number of rotatable bonds is 8. The van der Waals surface area contributed by atoms with Gasteiger partial charge >= 0.3 is 5.97 Å². The molecule has 0 atom stereocenters. The first-order valence-electron chi connectivity index (χ1n) is 10.5. The summed E-state index contributed by atoms with van der Waals surface area (Å²) in [4.78, 5) is 32.9. The van der Waals surface area contributed by atoms with Gasteiger partial charge in [0.1, 0.15) is 4.83 Å². The molecule has 2 aromatic carbocycles. The first-order valence-corrected chi connectivity index (χ1v) is 12.3. The van der Waals surface area contributed by atoms with Crippen LogP contribution in [0.3, 0.4) is 0 Å². The first-order chi connectivity index (χ1) is 15.5. The summed E-state index contributed by atoms with van der Waals surface area (Å²) < 4.78 is 5.30. The van der Waals surface area contributed by atoms with Crippen molar-refractivity contribution in [1.29, 1.82) is 0 Å². The molecule has 0 saturated heterocycles. The van der Waals surface area contributed by atoms with E-state index < -0.39 is 0 Å². The Morgan fingerprint density at radius 2 is 1.88 bits per heavy atom. The van der Waals surface area contributed by atoms with Gasteiger partial charge in [0.15, 0.2) is 5.16 Å². The topological polar surface area (TPSA) is 72.0 Å². The van der Waals surface area contributed by atoms with Gasteiger partial charge in [0.2, 0.25) is 0 Å². The number of carbonyl (C=O) groups is 1. The van der Waals surface area contributed by atoms with Crippen molar-refractivity contribution in [2.75, 3.05) is 12.4 Å². The van der Waals surface area contributed by atoms with Gasteiger partial charge in [-0.15, -0.1) is 11.3 Å². The van der Waals surface area contributed by atoms with Crippen molar-refractivity contribution in [1.82, 2.24) is 9.97 Å². The molecule has 0 radical (unpaired) electrons. The monoisotopic (exact) mass is 464 g/mol. The fourth-order valence-corrected chi connectivity index (χ4v) is 5.02. The number of nitrogens with zero attached hydrogens (tertiary/aromatic N) is 1. The molecule has 0 fully saturated rings. The SMILES string of the molecule is CC(C)c1ccc(-c2csc3nc(SCC(=O)OCCc4ccccc4)[nH]c(=O)c23)cc1. The third-order valence-corrected chi connectivity index (χ3v) is 6.85. The van der Waals surface area contributed by atoms with E-state index in [0.29, 0.717) is 34.3 Å². The maximum absolute atomic E-state index is 12.8. The highest BCUT2D eigenvalue weighted by Crippen LogP contribution is 2.32. The third-order valence-electron chi connectivity index (χ3n) is 5.13. The maximum Gasteiger partial charge on any atom is 0.316 e. The van der Waals surface area contributed by atoms with Gasteiger partial charge in [-0.3, -0.25) is 9.59 Å². The Bertz CT molecular complexity index is 1260. The second-order valence-corrected chi connectivity index (χ2v) is 9.54. The molecular weight excluding hydrogens is 440 g/mol. The zero-order valence-electron chi connectivity index (χ0n) is 18.0. The summed E-state index contributed by atoms with van der Waals surface area (Å²) in [5.74, 6) is 0.224. The number of benzene rings is 2. The average molecular weight is 465 g/mol. The van der Waals surface area contributed by atoms with Gasteiger partial charge in [0.05, 0.1) is 17.7 Å². The minimum absolute atomic E-state index is 0.0954. The van der Waals surface area contributed by atoms with Crippen molar-refractivity contribution in [3.8, 4) is 11.1 Å². The number of thiophene rings is 1. The number of thioether (sulfide) groups is 1. The zero-order chi connectivity index (χ0) is 22.5. The lowest BCUT2D eigenvalue weighted by Crippen LogP contribution is -2.12. The van der Waals surface area contributed by atoms with Crippen LogP contribution in [-0.2, 0) is 16.0 Å². The van der Waals surface area contributed by atoms with Gasteiger partial charge in [-0.25, -0.2) is 4.98 Å². The Labute approximate surface area is 194 Å². The summed E-state index contributed by atoms with van der Waals surface area (Å²) >= 11 is 2.61. The highest BCUT2D eigenvalue weighted by atomic mass is 32.2. The molecule has 164 valence electrons. The molecule has 0 bridgehead atoms. The van der Waals surface area contributed by atoms with Crippen LogP contribution < -0.4 is 5.56 Å². The van der Waals surface area contributed by atoms with Crippen LogP contribution >= 0.6 is 23.1 Å². The number of fused-ring (bicyclic) bond motifs is 1. The lowest BCUT2D eigenvalue weighted by atomic mass is 9.99. The molecule has 4 aromatic rings. The van der Waals surface area contributed by atoms with Gasteiger partial charge < -0.3 is 9.72 Å². The van der Waals surface area contributed by atoms with Crippen LogP contribution in [0.15, 0.2) is 69.9 Å². The van der Waals surface area contributed by atoms with E-state index in [2.05, 4.69) is 35.9 Å². The van der Waals surface area contributed by atoms with Gasteiger partial charge in [-0.1, -0.05) is 80.2 Å². The Morgan fingerprint density at radius 3 is 2.59 bits per heavy atom. The van der Waals surface area contributed by atoms with E-state index in [-0.39, 0.29) is 17.3 Å². The van der Waals surface area contributed by atoms with Gasteiger partial charge in [0.25, 0.3) is 5.56 Å². The van der Waals surface area contributed by atoms with Gasteiger partial charge in [-0.05, 0) is 22.6 Å². The number of aromatic nitrogens is 2. The van der Waals surface area contributed by atoms with Crippen LogP contribution in [0.4, 0.5) is 0 Å². The number of hydrogen-bond donors (Lipinski definition) is 1. The van der Waals surface area contributed by atoms with Crippen LogP contribution in [0.2, 0.25) is 0 Å². The molecule has 1 N–H and O–H groups in total. The van der Waals surface area contributed by atoms with E-state index in [4.69, 9.17) is 4.74 Å². The zero-order valence-corrected chi connectivity index (χ0v) is 19.6. The largest absolute Gasteiger partial charge is 0.465 e. The van der Waals surface area contributed by atoms with Crippen LogP contribution in [0.5, 0.6) is 0 Å². The van der Waals surface area contributed by atoms with Crippen molar-refractivity contribution < 1.29 is 9.53 Å². The van der Waals surface area contributed by atoms with Crippen LogP contribution in [0, 0.1) is 0 Å². The van der Waals surface area contributed by atoms with E-state index in [0.717, 1.165) is 16.7 Å². The number of ether oxygens (including phenoxy) is 1. The van der Waals surface area contributed by atoms with E-state index in [1.165, 1.54) is 28.7 Å². The minimum Gasteiger partial charge on any atom is -0.465 e. The van der Waals surface area contributed by atoms with Crippen molar-refractivity contribution >= 4 is 39.3 Å². The molecule has 0 amide bonds. The molecular formula is C25H24N2O3S2. The van der Waals surface area contributed by atoms with Crippen LogP contribution in [0.25, 0.3) is 21.3 Å². The molecule has 2 aromatic heterocycles. The van der Waals surface area contributed by atoms with Gasteiger partial charge in [0, 0.05) is 17.4 Å². The lowest BCUT2D eigenvalue weighted by Gasteiger charge is -2.07. The van der Waals surface area contributed by atoms with Crippen molar-refractivity contribution in [2.45, 2.75) is 31.3 Å². The summed E-state index contributed by atoms with van der Waals surface area (Å²) in [6.45, 7) is 4.64. The molecule has 0 aliphatic carbocycles.